The van der Waals surface area contributed by atoms with Crippen molar-refractivity contribution >= 4 is 0 Å². The van der Waals surface area contributed by atoms with Gasteiger partial charge in [-0.3, -0.25) is 0 Å². The molecular weight excluding hydrogens is 919 g/mol. The van der Waals surface area contributed by atoms with Crippen LogP contribution in [-0.4, -0.2) is 15.0 Å². The average Bonchev–Trinajstić information content (AvgIpc) is 3.27. The first-order valence-corrected chi connectivity index (χ1v) is 21.3. The molecule has 0 spiro atoms. The number of hydrogen-bond acceptors (Lipinski definition) is 3. The fourth-order valence-corrected chi connectivity index (χ4v) is 8.30. The maximum Gasteiger partial charge on any atom is 3.00 e. The van der Waals surface area contributed by atoms with Crippen molar-refractivity contribution in [1.82, 2.24) is 15.0 Å². The minimum Gasteiger partial charge on any atom is -0.304 e. The van der Waals surface area contributed by atoms with Gasteiger partial charge in [0.1, 0.15) is 0 Å². The Balaban J connectivity index is 0.00000622. The second-order valence-corrected chi connectivity index (χ2v) is 19.7. The van der Waals surface area contributed by atoms with Crippen molar-refractivity contribution in [3.63, 3.8) is 0 Å². The van der Waals surface area contributed by atoms with E-state index < -0.39 is 0 Å². The zero-order valence-electron chi connectivity index (χ0n) is 38.0. The molecule has 0 bridgehead atoms. The zero-order valence-corrected chi connectivity index (χ0v) is 40.4. The minimum absolute atomic E-state index is 0. The Kier molecular flexibility index (Phi) is 12.7. The van der Waals surface area contributed by atoms with Gasteiger partial charge in [0, 0.05) is 34.8 Å². The van der Waals surface area contributed by atoms with Crippen molar-refractivity contribution in [1.29, 1.82) is 0 Å². The number of rotatable bonds is 12. The standard InChI is InChI=1S/C57H60N3.Ir/c1-52(2,43-28-31-49(58-37-43)40-22-16-13-17-23-40)55(7,8)46-34-47(56(9,10)53(3,4)44-29-32-50(59-38-44)41-24-18-14-19-25-41)36-48(35-46)57(11,12)54(5,6)45-30-33-51(60-39-45)42-26-20-15-21-27-42;/h13-22,24,26,28-39H,1-12H3;/q-3;+3. The summed E-state index contributed by atoms with van der Waals surface area (Å²) in [6, 6.07) is 54.8. The van der Waals surface area contributed by atoms with Crippen LogP contribution >= 0.6 is 0 Å². The van der Waals surface area contributed by atoms with E-state index in [4.69, 9.17) is 15.0 Å². The molecule has 0 saturated carbocycles. The maximum absolute atomic E-state index is 4.97. The van der Waals surface area contributed by atoms with Gasteiger partial charge in [-0.15, -0.1) is 108 Å². The minimum atomic E-state index is -0.301. The van der Waals surface area contributed by atoms with Crippen molar-refractivity contribution in [3.8, 4) is 33.8 Å². The molecule has 7 rings (SSSR count). The number of hydrogen-bond donors (Lipinski definition) is 0. The SMILES string of the molecule is CC(C)(c1ccc(-c2[c-]cccc2)nc1)C(C)(C)c1cc(C(C)(C)C(C)(C)c2ccc(-c3[c-]cccc3)nc2)cc(C(C)(C)C(C)(C)c2ccc(-c3[c-]cccc3)nc2)c1.[Ir+3]. The summed E-state index contributed by atoms with van der Waals surface area (Å²) < 4.78 is 0. The van der Waals surface area contributed by atoms with Gasteiger partial charge in [0.15, 0.2) is 0 Å². The van der Waals surface area contributed by atoms with Gasteiger partial charge in [0.05, 0.1) is 0 Å². The molecule has 0 radical (unpaired) electrons. The molecule has 4 aromatic carbocycles. The van der Waals surface area contributed by atoms with Crippen molar-refractivity contribution in [2.24, 2.45) is 0 Å². The summed E-state index contributed by atoms with van der Waals surface area (Å²) in [5.41, 5.74) is 11.5. The van der Waals surface area contributed by atoms with Gasteiger partial charge in [-0.1, -0.05) is 138 Å². The monoisotopic (exact) mass is 979 g/mol. The average molecular weight is 979 g/mol. The third-order valence-electron chi connectivity index (χ3n) is 15.2. The van der Waals surface area contributed by atoms with E-state index in [9.17, 15) is 0 Å². The van der Waals surface area contributed by atoms with Crippen LogP contribution < -0.4 is 0 Å². The van der Waals surface area contributed by atoms with E-state index in [1.54, 1.807) is 0 Å². The largest absolute Gasteiger partial charge is 3.00 e. The second-order valence-electron chi connectivity index (χ2n) is 19.7. The number of aromatic nitrogens is 3. The van der Waals surface area contributed by atoms with Crippen LogP contribution in [0.4, 0.5) is 0 Å². The third-order valence-corrected chi connectivity index (χ3v) is 15.2. The normalized spacial score (nSPS) is 12.8. The molecule has 0 aliphatic heterocycles. The molecule has 0 aliphatic carbocycles. The Bertz CT molecular complexity index is 2230. The summed E-state index contributed by atoms with van der Waals surface area (Å²) in [6.45, 7) is 28.6. The van der Waals surface area contributed by atoms with E-state index >= 15 is 0 Å². The van der Waals surface area contributed by atoms with Gasteiger partial charge in [-0.05, 0) is 66.7 Å². The second kappa shape index (κ2) is 17.0. The molecule has 0 saturated heterocycles. The van der Waals surface area contributed by atoms with Crippen LogP contribution in [0.1, 0.15) is 116 Å². The predicted molar refractivity (Wildman–Crippen MR) is 250 cm³/mol. The molecule has 0 fully saturated rings. The molecule has 4 heteroatoms. The van der Waals surface area contributed by atoms with E-state index in [1.165, 1.54) is 33.4 Å². The quantitative estimate of drug-likeness (QED) is 0.115. The maximum atomic E-state index is 4.97. The summed E-state index contributed by atoms with van der Waals surface area (Å²) in [4.78, 5) is 14.9. The Hall–Kier alpha value is -5.02. The summed E-state index contributed by atoms with van der Waals surface area (Å²) in [5, 5.41) is 0. The predicted octanol–water partition coefficient (Wildman–Crippen LogP) is 14.0. The van der Waals surface area contributed by atoms with Gasteiger partial charge in [-0.25, -0.2) is 0 Å². The van der Waals surface area contributed by atoms with E-state index in [2.05, 4.69) is 193 Å². The van der Waals surface area contributed by atoms with Crippen molar-refractivity contribution < 1.29 is 20.1 Å². The molecule has 0 amide bonds. The molecule has 0 unspecified atom stereocenters. The van der Waals surface area contributed by atoms with Gasteiger partial charge >= 0.3 is 20.1 Å². The van der Waals surface area contributed by atoms with Crippen LogP contribution in [0.5, 0.6) is 0 Å². The molecule has 312 valence electrons. The fourth-order valence-electron chi connectivity index (χ4n) is 8.30. The number of nitrogens with zero attached hydrogens (tertiary/aromatic N) is 3. The first kappa shape index (κ1) is 45.5. The Morgan fingerprint density at radius 1 is 0.311 bits per heavy atom. The van der Waals surface area contributed by atoms with E-state index in [0.29, 0.717) is 0 Å². The van der Waals surface area contributed by atoms with Crippen LogP contribution in [0.3, 0.4) is 0 Å². The van der Waals surface area contributed by atoms with E-state index in [-0.39, 0.29) is 52.6 Å². The van der Waals surface area contributed by atoms with Crippen molar-refractivity contribution in [2.75, 3.05) is 0 Å². The van der Waals surface area contributed by atoms with Crippen LogP contribution in [-0.2, 0) is 52.6 Å². The molecule has 7 aromatic rings. The molecule has 0 atom stereocenters. The first-order valence-electron chi connectivity index (χ1n) is 21.3. The molecule has 3 nitrogen and oxygen atoms in total. The number of pyridine rings is 3. The topological polar surface area (TPSA) is 38.7 Å². The Morgan fingerprint density at radius 3 is 0.754 bits per heavy atom. The third kappa shape index (κ3) is 8.35. The van der Waals surface area contributed by atoms with Gasteiger partial charge in [-0.2, -0.15) is 0 Å². The molecular formula is C57H60IrN3. The van der Waals surface area contributed by atoms with Crippen molar-refractivity contribution in [2.45, 2.75) is 116 Å². The number of benzene rings is 4. The Labute approximate surface area is 379 Å². The molecule has 3 aromatic heterocycles. The fraction of sp³-hybridized carbons (Fsp3) is 0.316. The van der Waals surface area contributed by atoms with Gasteiger partial charge < -0.3 is 15.0 Å². The van der Waals surface area contributed by atoms with Crippen molar-refractivity contribution in [3.05, 3.63) is 198 Å². The van der Waals surface area contributed by atoms with Crippen LogP contribution in [0, 0.1) is 18.2 Å². The summed E-state index contributed by atoms with van der Waals surface area (Å²) >= 11 is 0. The van der Waals surface area contributed by atoms with Gasteiger partial charge in [0.2, 0.25) is 0 Å². The van der Waals surface area contributed by atoms with E-state index in [0.717, 1.165) is 33.8 Å². The van der Waals surface area contributed by atoms with Crippen LogP contribution in [0.2, 0.25) is 0 Å². The smallest absolute Gasteiger partial charge is 0.304 e. The molecule has 61 heavy (non-hydrogen) atoms. The molecule has 0 aliphatic rings. The molecule has 0 N–H and O–H groups in total. The Morgan fingerprint density at radius 2 is 0.557 bits per heavy atom. The van der Waals surface area contributed by atoms with Crippen LogP contribution in [0.15, 0.2) is 146 Å². The van der Waals surface area contributed by atoms with Gasteiger partial charge in [0.25, 0.3) is 0 Å². The van der Waals surface area contributed by atoms with E-state index in [1.807, 2.05) is 54.6 Å². The molecule has 3 heterocycles. The summed E-state index contributed by atoms with van der Waals surface area (Å²) in [5.74, 6) is 0. The van der Waals surface area contributed by atoms with Crippen LogP contribution in [0.25, 0.3) is 33.8 Å². The zero-order chi connectivity index (χ0) is 43.1. The summed E-state index contributed by atoms with van der Waals surface area (Å²) in [7, 11) is 0. The first-order chi connectivity index (χ1) is 28.3. The summed E-state index contributed by atoms with van der Waals surface area (Å²) in [6.07, 6.45) is 6.20.